The van der Waals surface area contributed by atoms with Gasteiger partial charge in [0.05, 0.1) is 0 Å². The molecule has 0 atom stereocenters. The zero-order chi connectivity index (χ0) is 15.4. The van der Waals surface area contributed by atoms with Crippen molar-refractivity contribution in [2.24, 2.45) is 0 Å². The van der Waals surface area contributed by atoms with Gasteiger partial charge in [0.25, 0.3) is 0 Å². The number of amides is 3. The maximum atomic E-state index is 11.6. The molecule has 0 aliphatic carbocycles. The number of unbranched alkanes of at least 4 members (excludes halogenated alkanes) is 2. The zero-order valence-electron chi connectivity index (χ0n) is 12.3. The fourth-order valence-electron chi connectivity index (χ4n) is 1.52. The van der Waals surface area contributed by atoms with Gasteiger partial charge in [-0.1, -0.05) is 13.3 Å². The molecule has 20 heavy (non-hydrogen) atoms. The largest absolute Gasteiger partial charge is 0.481 e. The first-order valence-corrected chi connectivity index (χ1v) is 6.94. The van der Waals surface area contributed by atoms with Crippen LogP contribution in [0.4, 0.5) is 4.79 Å². The predicted molar refractivity (Wildman–Crippen MR) is 75.4 cm³/mol. The second kappa shape index (κ2) is 11.1. The maximum Gasteiger partial charge on any atom is 0.317 e. The van der Waals surface area contributed by atoms with E-state index in [9.17, 15) is 14.4 Å². The number of likely N-dealkylation sites (N-methyl/N-ethyl adjacent to an activating group) is 1. The average molecular weight is 287 g/mol. The van der Waals surface area contributed by atoms with Crippen LogP contribution in [0.15, 0.2) is 0 Å². The molecule has 7 heteroatoms. The van der Waals surface area contributed by atoms with Gasteiger partial charge in [0.15, 0.2) is 0 Å². The fraction of sp³-hybridized carbons (Fsp3) is 0.769. The van der Waals surface area contributed by atoms with Crippen molar-refractivity contribution in [1.29, 1.82) is 0 Å². The lowest BCUT2D eigenvalue weighted by Crippen LogP contribution is -2.43. The van der Waals surface area contributed by atoms with Gasteiger partial charge in [-0.05, 0) is 19.3 Å². The topological polar surface area (TPSA) is 98.7 Å². The number of rotatable bonds is 10. The van der Waals surface area contributed by atoms with E-state index < -0.39 is 5.97 Å². The Kier molecular flexibility index (Phi) is 10.1. The summed E-state index contributed by atoms with van der Waals surface area (Å²) in [4.78, 5) is 34.7. The molecular weight excluding hydrogens is 262 g/mol. The number of carboxylic acids is 1. The normalized spacial score (nSPS) is 9.90. The van der Waals surface area contributed by atoms with Crippen LogP contribution in [-0.4, -0.2) is 54.6 Å². The van der Waals surface area contributed by atoms with Gasteiger partial charge < -0.3 is 20.6 Å². The summed E-state index contributed by atoms with van der Waals surface area (Å²) in [6.07, 6.45) is 3.12. The van der Waals surface area contributed by atoms with Gasteiger partial charge in [-0.15, -0.1) is 0 Å². The summed E-state index contributed by atoms with van der Waals surface area (Å²) in [7, 11) is 1.56. The molecule has 116 valence electrons. The molecule has 0 radical (unpaired) electrons. The molecule has 0 aliphatic heterocycles. The molecule has 7 nitrogen and oxygen atoms in total. The van der Waals surface area contributed by atoms with E-state index in [1.165, 1.54) is 4.90 Å². The predicted octanol–water partition coefficient (Wildman–Crippen LogP) is 0.799. The first-order chi connectivity index (χ1) is 9.47. The molecule has 3 N–H and O–H groups in total. The minimum Gasteiger partial charge on any atom is -0.481 e. The lowest BCUT2D eigenvalue weighted by atomic mass is 10.2. The smallest absolute Gasteiger partial charge is 0.317 e. The third-order valence-corrected chi connectivity index (χ3v) is 2.64. The van der Waals surface area contributed by atoms with Crippen molar-refractivity contribution in [3.8, 4) is 0 Å². The first kappa shape index (κ1) is 18.2. The van der Waals surface area contributed by atoms with Gasteiger partial charge in [0.2, 0.25) is 5.91 Å². The highest BCUT2D eigenvalue weighted by Crippen LogP contribution is 1.98. The molecule has 0 spiro atoms. The Bertz CT molecular complexity index is 321. The Hall–Kier alpha value is -1.79. The monoisotopic (exact) mass is 287 g/mol. The van der Waals surface area contributed by atoms with E-state index >= 15 is 0 Å². The number of urea groups is 1. The second-order valence-electron chi connectivity index (χ2n) is 4.64. The lowest BCUT2D eigenvalue weighted by Gasteiger charge is -2.17. The Balaban J connectivity index is 3.64. The molecule has 0 aromatic heterocycles. The second-order valence-corrected chi connectivity index (χ2v) is 4.64. The van der Waals surface area contributed by atoms with E-state index in [4.69, 9.17) is 5.11 Å². The number of hydrogen-bond donors (Lipinski definition) is 3. The first-order valence-electron chi connectivity index (χ1n) is 6.94. The molecule has 0 rings (SSSR count). The molecule has 0 aromatic rings. The van der Waals surface area contributed by atoms with E-state index in [-0.39, 0.29) is 24.9 Å². The number of nitrogens with one attached hydrogen (secondary N) is 2. The summed E-state index contributed by atoms with van der Waals surface area (Å²) < 4.78 is 0. The number of carbonyl (C=O) groups is 3. The van der Waals surface area contributed by atoms with Crippen LogP contribution >= 0.6 is 0 Å². The number of hydrogen-bond acceptors (Lipinski definition) is 3. The van der Waals surface area contributed by atoms with Crippen molar-refractivity contribution in [3.05, 3.63) is 0 Å². The van der Waals surface area contributed by atoms with Crippen LogP contribution in [0.1, 0.15) is 39.0 Å². The van der Waals surface area contributed by atoms with Crippen LogP contribution in [-0.2, 0) is 9.59 Å². The van der Waals surface area contributed by atoms with Crippen LogP contribution in [0.5, 0.6) is 0 Å². The molecule has 0 fully saturated rings. The minimum atomic E-state index is -0.799. The number of nitrogens with zero attached hydrogens (tertiary/aromatic N) is 1. The van der Waals surface area contributed by atoms with Crippen molar-refractivity contribution in [2.45, 2.75) is 39.0 Å². The van der Waals surface area contributed by atoms with Crippen LogP contribution < -0.4 is 10.6 Å². The summed E-state index contributed by atoms with van der Waals surface area (Å²) in [5, 5.41) is 13.9. The van der Waals surface area contributed by atoms with Crippen molar-refractivity contribution >= 4 is 17.9 Å². The van der Waals surface area contributed by atoms with Gasteiger partial charge >= 0.3 is 12.0 Å². The third-order valence-electron chi connectivity index (χ3n) is 2.64. The van der Waals surface area contributed by atoms with E-state index in [0.717, 1.165) is 19.3 Å². The Labute approximate surface area is 119 Å². The molecule has 0 heterocycles. The van der Waals surface area contributed by atoms with Gasteiger partial charge in [-0.25, -0.2) is 4.79 Å². The van der Waals surface area contributed by atoms with Crippen LogP contribution in [0.2, 0.25) is 0 Å². The Morgan fingerprint density at radius 3 is 2.35 bits per heavy atom. The van der Waals surface area contributed by atoms with E-state index in [1.54, 1.807) is 7.05 Å². The maximum absolute atomic E-state index is 11.6. The molecule has 0 saturated carbocycles. The molecular formula is C13H25N3O4. The van der Waals surface area contributed by atoms with Gasteiger partial charge in [0, 0.05) is 26.6 Å². The van der Waals surface area contributed by atoms with Crippen LogP contribution in [0.25, 0.3) is 0 Å². The molecule has 0 unspecified atom stereocenters. The summed E-state index contributed by atoms with van der Waals surface area (Å²) in [5.41, 5.74) is 0. The summed E-state index contributed by atoms with van der Waals surface area (Å²) >= 11 is 0. The van der Waals surface area contributed by atoms with Crippen molar-refractivity contribution < 1.29 is 19.5 Å². The van der Waals surface area contributed by atoms with Crippen molar-refractivity contribution in [2.75, 3.05) is 26.7 Å². The average Bonchev–Trinajstić information content (AvgIpc) is 2.39. The van der Waals surface area contributed by atoms with Gasteiger partial charge in [0.1, 0.15) is 6.54 Å². The Morgan fingerprint density at radius 1 is 1.05 bits per heavy atom. The molecule has 0 aliphatic rings. The highest BCUT2D eigenvalue weighted by atomic mass is 16.4. The van der Waals surface area contributed by atoms with Gasteiger partial charge in [-0.2, -0.15) is 0 Å². The van der Waals surface area contributed by atoms with Crippen LogP contribution in [0, 0.1) is 0 Å². The standard InChI is InChI=1S/C13H25N3O4/c1-3-8-14-11(17)10-16(2)13(20)15-9-6-4-5-7-12(18)19/h3-10H2,1-2H3,(H,14,17)(H,15,20)(H,18,19). The van der Waals surface area contributed by atoms with Crippen molar-refractivity contribution in [3.63, 3.8) is 0 Å². The highest BCUT2D eigenvalue weighted by molar-refractivity contribution is 5.83. The molecule has 3 amide bonds. The zero-order valence-corrected chi connectivity index (χ0v) is 12.3. The fourth-order valence-corrected chi connectivity index (χ4v) is 1.52. The molecule has 0 aromatic carbocycles. The SMILES string of the molecule is CCCNC(=O)CN(C)C(=O)NCCCCCC(=O)O. The summed E-state index contributed by atoms with van der Waals surface area (Å²) in [6, 6.07) is -0.296. The van der Waals surface area contributed by atoms with Gasteiger partial charge in [-0.3, -0.25) is 9.59 Å². The number of aliphatic carboxylic acids is 1. The number of carbonyl (C=O) groups excluding carboxylic acids is 2. The molecule has 0 bridgehead atoms. The summed E-state index contributed by atoms with van der Waals surface area (Å²) in [6.45, 7) is 3.09. The van der Waals surface area contributed by atoms with Crippen molar-refractivity contribution in [1.82, 2.24) is 15.5 Å². The quantitative estimate of drug-likeness (QED) is 0.517. The van der Waals surface area contributed by atoms with E-state index in [0.29, 0.717) is 19.5 Å². The van der Waals surface area contributed by atoms with Crippen LogP contribution in [0.3, 0.4) is 0 Å². The molecule has 0 saturated heterocycles. The lowest BCUT2D eigenvalue weighted by molar-refractivity contribution is -0.137. The van der Waals surface area contributed by atoms with E-state index in [2.05, 4.69) is 10.6 Å². The number of carboxylic acid groups (broad SMARTS) is 1. The highest BCUT2D eigenvalue weighted by Gasteiger charge is 2.11. The Morgan fingerprint density at radius 2 is 1.75 bits per heavy atom. The summed E-state index contributed by atoms with van der Waals surface area (Å²) in [5.74, 6) is -0.974. The minimum absolute atomic E-state index is 0.0326. The van der Waals surface area contributed by atoms with E-state index in [1.807, 2.05) is 6.92 Å². The third kappa shape index (κ3) is 10.2.